The highest BCUT2D eigenvalue weighted by Crippen LogP contribution is 2.23. The van der Waals surface area contributed by atoms with Crippen LogP contribution < -0.4 is 21.1 Å². The van der Waals surface area contributed by atoms with Crippen molar-refractivity contribution in [2.75, 3.05) is 0 Å². The van der Waals surface area contributed by atoms with Crippen LogP contribution >= 0.6 is 0 Å². The van der Waals surface area contributed by atoms with E-state index < -0.39 is 21.5 Å². The number of aromatic nitrogens is 1. The van der Waals surface area contributed by atoms with Crippen molar-refractivity contribution in [3.8, 4) is 23.3 Å². The third-order valence-corrected chi connectivity index (χ3v) is 4.76. The number of benzene rings is 1. The fraction of sp³-hybridized carbons (Fsp3) is 0. The van der Waals surface area contributed by atoms with E-state index in [-0.39, 0.29) is 20.9 Å². The Bertz CT molecular complexity index is 1340. The molecule has 0 aliphatic heterocycles. The quantitative estimate of drug-likeness (QED) is 0.584. The van der Waals surface area contributed by atoms with E-state index in [0.29, 0.717) is 17.1 Å². The second-order valence-electron chi connectivity index (χ2n) is 5.60. The minimum Gasteiger partial charge on any atom is -0.494 e. The molecule has 4 N–H and O–H groups in total. The van der Waals surface area contributed by atoms with Crippen LogP contribution in [0.1, 0.15) is 11.3 Å². The lowest BCUT2D eigenvalue weighted by atomic mass is 10.2. The Morgan fingerprint density at radius 1 is 1.22 bits per heavy atom. The number of pyridine rings is 1. The maximum Gasteiger partial charge on any atom is 0.258 e. The molecule has 0 bridgehead atoms. The summed E-state index contributed by atoms with van der Waals surface area (Å²) in [5, 5.41) is 23.9. The van der Waals surface area contributed by atoms with Gasteiger partial charge in [-0.1, -0.05) is 6.58 Å². The van der Waals surface area contributed by atoms with Crippen molar-refractivity contribution in [1.29, 1.82) is 5.26 Å². The minimum atomic E-state index is -3.79. The van der Waals surface area contributed by atoms with Crippen molar-refractivity contribution >= 4 is 22.7 Å². The SMILES string of the molecule is C=c1c(C#N)c(O)[nH]c(=O)/c1=C\c1ccc(-c2ccc(S(N)(=O)=O)cc2)o1. The fourth-order valence-electron chi connectivity index (χ4n) is 2.46. The Morgan fingerprint density at radius 3 is 2.48 bits per heavy atom. The average molecular weight is 383 g/mol. The molecule has 2 heterocycles. The van der Waals surface area contributed by atoms with Crippen LogP contribution in [0.15, 0.2) is 50.5 Å². The van der Waals surface area contributed by atoms with Gasteiger partial charge in [-0.15, -0.1) is 0 Å². The molecule has 3 aromatic rings. The largest absolute Gasteiger partial charge is 0.494 e. The zero-order chi connectivity index (χ0) is 19.8. The molecule has 0 fully saturated rings. The highest BCUT2D eigenvalue weighted by molar-refractivity contribution is 7.89. The minimum absolute atomic E-state index is 0.0223. The summed E-state index contributed by atoms with van der Waals surface area (Å²) >= 11 is 0. The zero-order valence-corrected chi connectivity index (χ0v) is 14.6. The lowest BCUT2D eigenvalue weighted by molar-refractivity contribution is 0.448. The Hall–Kier alpha value is -3.61. The summed E-state index contributed by atoms with van der Waals surface area (Å²) in [4.78, 5) is 14.2. The molecule has 0 saturated carbocycles. The monoisotopic (exact) mass is 383 g/mol. The molecule has 0 atom stereocenters. The molecule has 0 radical (unpaired) electrons. The summed E-state index contributed by atoms with van der Waals surface area (Å²) in [7, 11) is -3.79. The van der Waals surface area contributed by atoms with E-state index in [1.165, 1.54) is 30.3 Å². The van der Waals surface area contributed by atoms with E-state index in [4.69, 9.17) is 14.8 Å². The van der Waals surface area contributed by atoms with Crippen molar-refractivity contribution in [3.63, 3.8) is 0 Å². The first-order chi connectivity index (χ1) is 12.7. The molecule has 0 spiro atoms. The molecule has 9 heteroatoms. The van der Waals surface area contributed by atoms with Crippen LogP contribution in [0.5, 0.6) is 5.88 Å². The van der Waals surface area contributed by atoms with E-state index in [1.807, 2.05) is 0 Å². The molecule has 0 amide bonds. The number of nitrogens with one attached hydrogen (secondary N) is 1. The average Bonchev–Trinajstić information content (AvgIpc) is 3.07. The zero-order valence-electron chi connectivity index (χ0n) is 13.8. The van der Waals surface area contributed by atoms with Gasteiger partial charge in [0, 0.05) is 10.8 Å². The van der Waals surface area contributed by atoms with Crippen LogP contribution in [0.4, 0.5) is 0 Å². The number of aromatic hydroxyl groups is 1. The number of H-pyrrole nitrogens is 1. The first-order valence-electron chi connectivity index (χ1n) is 7.50. The van der Waals surface area contributed by atoms with E-state index in [0.717, 1.165) is 0 Å². The van der Waals surface area contributed by atoms with Crippen molar-refractivity contribution < 1.29 is 17.9 Å². The topological polar surface area (TPSA) is 150 Å². The highest BCUT2D eigenvalue weighted by atomic mass is 32.2. The Kier molecular flexibility index (Phi) is 4.45. The number of hydrogen-bond donors (Lipinski definition) is 3. The normalized spacial score (nSPS) is 12.1. The van der Waals surface area contributed by atoms with Gasteiger partial charge in [-0.05, 0) is 42.5 Å². The molecule has 0 saturated heterocycles. The Labute approximate surface area is 153 Å². The molecule has 2 aromatic heterocycles. The number of furan rings is 1. The summed E-state index contributed by atoms with van der Waals surface area (Å²) in [5.41, 5.74) is -0.146. The maximum absolute atomic E-state index is 12.0. The van der Waals surface area contributed by atoms with E-state index in [2.05, 4.69) is 11.6 Å². The van der Waals surface area contributed by atoms with Crippen LogP contribution in [0, 0.1) is 11.3 Å². The van der Waals surface area contributed by atoms with Gasteiger partial charge in [0.25, 0.3) is 5.56 Å². The van der Waals surface area contributed by atoms with Crippen molar-refractivity contribution in [2.45, 2.75) is 4.90 Å². The number of rotatable bonds is 3. The van der Waals surface area contributed by atoms with Crippen LogP contribution in [-0.4, -0.2) is 18.5 Å². The smallest absolute Gasteiger partial charge is 0.258 e. The van der Waals surface area contributed by atoms with Crippen molar-refractivity contribution in [2.24, 2.45) is 5.14 Å². The first-order valence-corrected chi connectivity index (χ1v) is 9.04. The fourth-order valence-corrected chi connectivity index (χ4v) is 2.98. The number of hydrogen-bond acceptors (Lipinski definition) is 6. The second-order valence-corrected chi connectivity index (χ2v) is 7.16. The molecule has 0 aliphatic rings. The predicted molar refractivity (Wildman–Crippen MR) is 97.3 cm³/mol. The van der Waals surface area contributed by atoms with Gasteiger partial charge in [0.05, 0.1) is 10.1 Å². The number of nitriles is 1. The molecule has 3 rings (SSSR count). The third-order valence-electron chi connectivity index (χ3n) is 3.83. The number of nitrogens with zero attached hydrogens (tertiary/aromatic N) is 1. The maximum atomic E-state index is 12.0. The van der Waals surface area contributed by atoms with Gasteiger partial charge >= 0.3 is 0 Å². The van der Waals surface area contributed by atoms with Gasteiger partial charge in [0.2, 0.25) is 15.9 Å². The first kappa shape index (κ1) is 18.2. The van der Waals surface area contributed by atoms with Crippen LogP contribution in [-0.2, 0) is 10.0 Å². The summed E-state index contributed by atoms with van der Waals surface area (Å²) in [6.45, 7) is 3.66. The molecule has 0 unspecified atom stereocenters. The standard InChI is InChI=1S/C18H13N3O5S/c1-10-14(17(22)21-18(23)15(10)9-19)8-12-4-7-16(26-12)11-2-5-13(6-3-11)27(20,24)25/h2-8,23H,1H2,(H,21,22)(H2,20,24,25)/b14-8-. The summed E-state index contributed by atoms with van der Waals surface area (Å²) in [6, 6.07) is 10.8. The lowest BCUT2D eigenvalue weighted by Gasteiger charge is -2.00. The van der Waals surface area contributed by atoms with E-state index in [9.17, 15) is 18.3 Å². The van der Waals surface area contributed by atoms with Gasteiger partial charge in [-0.25, -0.2) is 13.6 Å². The number of sulfonamides is 1. The van der Waals surface area contributed by atoms with E-state index in [1.54, 1.807) is 18.2 Å². The second kappa shape index (κ2) is 6.60. The number of aromatic amines is 1. The number of nitrogens with two attached hydrogens (primary N) is 1. The lowest BCUT2D eigenvalue weighted by Crippen LogP contribution is -2.41. The van der Waals surface area contributed by atoms with Gasteiger partial charge in [0.1, 0.15) is 23.2 Å². The van der Waals surface area contributed by atoms with Crippen molar-refractivity contribution in [1.82, 2.24) is 4.98 Å². The Morgan fingerprint density at radius 2 is 1.89 bits per heavy atom. The van der Waals surface area contributed by atoms with Gasteiger partial charge in [0.15, 0.2) is 0 Å². The highest BCUT2D eigenvalue weighted by Gasteiger charge is 2.10. The van der Waals surface area contributed by atoms with Crippen LogP contribution in [0.25, 0.3) is 24.0 Å². The summed E-state index contributed by atoms with van der Waals surface area (Å²) < 4.78 is 28.2. The predicted octanol–water partition coefficient (Wildman–Crippen LogP) is 0.0987. The van der Waals surface area contributed by atoms with Gasteiger partial charge < -0.3 is 9.52 Å². The van der Waals surface area contributed by atoms with Crippen molar-refractivity contribution in [3.05, 3.63) is 68.5 Å². The molecular weight excluding hydrogens is 370 g/mol. The summed E-state index contributed by atoms with van der Waals surface area (Å²) in [5.74, 6) is 0.203. The van der Waals surface area contributed by atoms with Crippen LogP contribution in [0.3, 0.4) is 0 Å². The third kappa shape index (κ3) is 3.52. The molecule has 136 valence electrons. The molecule has 1 aromatic carbocycles. The molecule has 0 aliphatic carbocycles. The van der Waals surface area contributed by atoms with Gasteiger partial charge in [-0.3, -0.25) is 9.78 Å². The van der Waals surface area contributed by atoms with Crippen LogP contribution in [0.2, 0.25) is 0 Å². The Balaban J connectivity index is 2.06. The molecular formula is C18H13N3O5S. The van der Waals surface area contributed by atoms with Gasteiger partial charge in [-0.2, -0.15) is 5.26 Å². The molecule has 27 heavy (non-hydrogen) atoms. The molecule has 8 nitrogen and oxygen atoms in total. The number of primary sulfonamides is 1. The van der Waals surface area contributed by atoms with E-state index >= 15 is 0 Å². The summed E-state index contributed by atoms with van der Waals surface area (Å²) in [6.07, 6.45) is 1.39.